The SMILES string of the molecule is Cc1ccc([C@@H]2CCCCCN2C(=O)c2n[nH]c3ccccc3c2=O)o1. The Morgan fingerprint density at radius 1 is 1.19 bits per heavy atom. The minimum Gasteiger partial charge on any atom is -0.464 e. The van der Waals surface area contributed by atoms with E-state index >= 15 is 0 Å². The van der Waals surface area contributed by atoms with Crippen LogP contribution >= 0.6 is 0 Å². The van der Waals surface area contributed by atoms with Gasteiger partial charge in [0.15, 0.2) is 5.69 Å². The Morgan fingerprint density at radius 3 is 2.85 bits per heavy atom. The van der Waals surface area contributed by atoms with E-state index in [1.165, 1.54) is 0 Å². The molecule has 26 heavy (non-hydrogen) atoms. The Labute approximate surface area is 150 Å². The topological polar surface area (TPSA) is 79.2 Å². The molecule has 1 aliphatic rings. The number of aryl methyl sites for hydroxylation is 1. The second kappa shape index (κ2) is 6.78. The number of aromatic amines is 1. The molecule has 1 amide bonds. The van der Waals surface area contributed by atoms with Gasteiger partial charge in [-0.05, 0) is 44.0 Å². The first-order valence-electron chi connectivity index (χ1n) is 9.00. The van der Waals surface area contributed by atoms with E-state index < -0.39 is 0 Å². The van der Waals surface area contributed by atoms with Gasteiger partial charge in [-0.3, -0.25) is 14.7 Å². The highest BCUT2D eigenvalue weighted by Crippen LogP contribution is 2.32. The molecule has 6 nitrogen and oxygen atoms in total. The summed E-state index contributed by atoms with van der Waals surface area (Å²) in [6.07, 6.45) is 3.81. The monoisotopic (exact) mass is 351 g/mol. The zero-order valence-electron chi connectivity index (χ0n) is 14.7. The molecule has 1 aliphatic heterocycles. The Balaban J connectivity index is 1.75. The number of furan rings is 1. The fourth-order valence-electron chi connectivity index (χ4n) is 3.63. The summed E-state index contributed by atoms with van der Waals surface area (Å²) in [6.45, 7) is 2.49. The summed E-state index contributed by atoms with van der Waals surface area (Å²) >= 11 is 0. The third-order valence-electron chi connectivity index (χ3n) is 4.98. The molecule has 3 heterocycles. The van der Waals surface area contributed by atoms with E-state index in [4.69, 9.17) is 4.42 Å². The maximum Gasteiger partial charge on any atom is 0.279 e. The number of rotatable bonds is 2. The molecule has 1 saturated heterocycles. The van der Waals surface area contributed by atoms with Crippen molar-refractivity contribution in [2.45, 2.75) is 38.6 Å². The van der Waals surface area contributed by atoms with Gasteiger partial charge in [-0.2, -0.15) is 5.10 Å². The lowest BCUT2D eigenvalue weighted by Gasteiger charge is -2.28. The van der Waals surface area contributed by atoms with E-state index in [0.29, 0.717) is 17.4 Å². The summed E-state index contributed by atoms with van der Waals surface area (Å²) in [4.78, 5) is 27.7. The minimum atomic E-state index is -0.335. The number of carbonyl (C=O) groups is 1. The van der Waals surface area contributed by atoms with Crippen LogP contribution in [0.3, 0.4) is 0 Å². The van der Waals surface area contributed by atoms with Gasteiger partial charge in [0.25, 0.3) is 5.91 Å². The lowest BCUT2D eigenvalue weighted by molar-refractivity contribution is 0.0649. The molecule has 4 rings (SSSR count). The lowest BCUT2D eigenvalue weighted by atomic mass is 10.1. The normalized spacial score (nSPS) is 18.0. The number of likely N-dealkylation sites (tertiary alicyclic amines) is 1. The number of carbonyl (C=O) groups excluding carboxylic acids is 1. The Morgan fingerprint density at radius 2 is 2.04 bits per heavy atom. The van der Waals surface area contributed by atoms with Crippen LogP contribution in [0.15, 0.2) is 45.6 Å². The first-order chi connectivity index (χ1) is 12.6. The zero-order chi connectivity index (χ0) is 18.1. The maximum absolute atomic E-state index is 13.2. The van der Waals surface area contributed by atoms with Crippen molar-refractivity contribution in [3.63, 3.8) is 0 Å². The number of nitrogens with zero attached hydrogens (tertiary/aromatic N) is 2. The van der Waals surface area contributed by atoms with Gasteiger partial charge in [-0.15, -0.1) is 0 Å². The van der Waals surface area contributed by atoms with Crippen LogP contribution in [-0.2, 0) is 0 Å². The second-order valence-corrected chi connectivity index (χ2v) is 6.76. The number of para-hydroxylation sites is 1. The third kappa shape index (κ3) is 2.92. The first kappa shape index (κ1) is 16.6. The van der Waals surface area contributed by atoms with E-state index in [1.54, 1.807) is 23.1 Å². The molecule has 1 atom stereocenters. The van der Waals surface area contributed by atoms with Crippen molar-refractivity contribution in [3.8, 4) is 0 Å². The Bertz CT molecular complexity index is 1000. The van der Waals surface area contributed by atoms with Crippen LogP contribution in [0.2, 0.25) is 0 Å². The van der Waals surface area contributed by atoms with Gasteiger partial charge in [0.1, 0.15) is 11.5 Å². The van der Waals surface area contributed by atoms with Gasteiger partial charge in [0.05, 0.1) is 11.6 Å². The quantitative estimate of drug-likeness (QED) is 0.765. The predicted octanol–water partition coefficient (Wildman–Crippen LogP) is 3.58. The zero-order valence-corrected chi connectivity index (χ0v) is 14.7. The molecule has 1 fully saturated rings. The minimum absolute atomic E-state index is 0.0566. The van der Waals surface area contributed by atoms with Crippen molar-refractivity contribution in [2.75, 3.05) is 6.54 Å². The molecule has 0 bridgehead atoms. The van der Waals surface area contributed by atoms with Crippen molar-refractivity contribution in [2.24, 2.45) is 0 Å². The highest BCUT2D eigenvalue weighted by molar-refractivity contribution is 5.95. The first-order valence-corrected chi connectivity index (χ1v) is 9.00. The summed E-state index contributed by atoms with van der Waals surface area (Å²) < 4.78 is 5.80. The second-order valence-electron chi connectivity index (χ2n) is 6.76. The van der Waals surface area contributed by atoms with E-state index in [-0.39, 0.29) is 23.1 Å². The van der Waals surface area contributed by atoms with Crippen LogP contribution in [0, 0.1) is 6.92 Å². The van der Waals surface area contributed by atoms with Gasteiger partial charge >= 0.3 is 0 Å². The number of hydrogen-bond donors (Lipinski definition) is 1. The largest absolute Gasteiger partial charge is 0.464 e. The standard InChI is InChI=1S/C20H21N3O3/c1-13-10-11-17(26-13)16-9-3-2-6-12-23(16)20(25)18-19(24)14-7-4-5-8-15(14)21-22-18/h4-5,7-8,10-11,16H,2-3,6,9,12H2,1H3,(H,21,24)/t16-/m0/s1. The van der Waals surface area contributed by atoms with Crippen molar-refractivity contribution >= 4 is 16.8 Å². The summed E-state index contributed by atoms with van der Waals surface area (Å²) in [5.41, 5.74) is 0.241. The van der Waals surface area contributed by atoms with Crippen LogP contribution in [0.1, 0.15) is 53.7 Å². The van der Waals surface area contributed by atoms with Crippen LogP contribution in [0.5, 0.6) is 0 Å². The molecule has 6 heteroatoms. The van der Waals surface area contributed by atoms with Crippen LogP contribution in [0.4, 0.5) is 0 Å². The summed E-state index contributed by atoms with van der Waals surface area (Å²) in [6, 6.07) is 10.8. The average Bonchev–Trinajstić information content (AvgIpc) is 2.94. The van der Waals surface area contributed by atoms with Gasteiger partial charge in [-0.1, -0.05) is 25.0 Å². The van der Waals surface area contributed by atoms with Crippen molar-refractivity contribution in [3.05, 3.63) is 63.8 Å². The van der Waals surface area contributed by atoms with Crippen LogP contribution in [0.25, 0.3) is 10.9 Å². The fraction of sp³-hybridized carbons (Fsp3) is 0.350. The number of H-pyrrole nitrogens is 1. The molecule has 1 aromatic carbocycles. The summed E-state index contributed by atoms with van der Waals surface area (Å²) in [5, 5.41) is 7.40. The average molecular weight is 351 g/mol. The summed E-state index contributed by atoms with van der Waals surface area (Å²) in [5.74, 6) is 1.26. The van der Waals surface area contributed by atoms with Crippen molar-refractivity contribution < 1.29 is 9.21 Å². The van der Waals surface area contributed by atoms with Crippen LogP contribution < -0.4 is 5.43 Å². The van der Waals surface area contributed by atoms with E-state index in [9.17, 15) is 9.59 Å². The highest BCUT2D eigenvalue weighted by Gasteiger charge is 2.31. The Hall–Kier alpha value is -2.89. The van der Waals surface area contributed by atoms with Gasteiger partial charge in [-0.25, -0.2) is 0 Å². The molecular weight excluding hydrogens is 330 g/mol. The number of hydrogen-bond acceptors (Lipinski definition) is 4. The predicted molar refractivity (Wildman–Crippen MR) is 98.1 cm³/mol. The Kier molecular flexibility index (Phi) is 4.32. The molecule has 0 spiro atoms. The van der Waals surface area contributed by atoms with E-state index in [1.807, 2.05) is 25.1 Å². The lowest BCUT2D eigenvalue weighted by Crippen LogP contribution is -2.38. The number of nitrogens with one attached hydrogen (secondary N) is 1. The molecule has 1 N–H and O–H groups in total. The smallest absolute Gasteiger partial charge is 0.279 e. The number of aromatic nitrogens is 2. The van der Waals surface area contributed by atoms with E-state index in [2.05, 4.69) is 10.2 Å². The van der Waals surface area contributed by atoms with Crippen molar-refractivity contribution in [1.82, 2.24) is 15.1 Å². The number of fused-ring (bicyclic) bond motifs is 1. The fourth-order valence-corrected chi connectivity index (χ4v) is 3.63. The molecule has 0 unspecified atom stereocenters. The molecule has 2 aromatic heterocycles. The number of benzene rings is 1. The maximum atomic E-state index is 13.2. The molecular formula is C20H21N3O3. The van der Waals surface area contributed by atoms with Gasteiger partial charge < -0.3 is 9.32 Å². The van der Waals surface area contributed by atoms with Gasteiger partial charge in [0, 0.05) is 11.9 Å². The van der Waals surface area contributed by atoms with Gasteiger partial charge in [0.2, 0.25) is 5.43 Å². The molecule has 0 radical (unpaired) electrons. The molecule has 3 aromatic rings. The van der Waals surface area contributed by atoms with Crippen molar-refractivity contribution in [1.29, 1.82) is 0 Å². The number of amides is 1. The molecule has 134 valence electrons. The molecule has 0 aliphatic carbocycles. The summed E-state index contributed by atoms with van der Waals surface area (Å²) in [7, 11) is 0. The van der Waals surface area contributed by atoms with Crippen LogP contribution in [-0.4, -0.2) is 27.5 Å². The molecule has 0 saturated carbocycles. The highest BCUT2D eigenvalue weighted by atomic mass is 16.3. The third-order valence-corrected chi connectivity index (χ3v) is 4.98. The van der Waals surface area contributed by atoms with E-state index in [0.717, 1.165) is 37.2 Å².